The van der Waals surface area contributed by atoms with E-state index in [1.54, 1.807) is 6.07 Å². The summed E-state index contributed by atoms with van der Waals surface area (Å²) in [6.07, 6.45) is 0. The van der Waals surface area contributed by atoms with Crippen molar-refractivity contribution in [3.63, 3.8) is 0 Å². The van der Waals surface area contributed by atoms with Crippen LogP contribution in [0.5, 0.6) is 11.5 Å². The van der Waals surface area contributed by atoms with Crippen molar-refractivity contribution in [2.75, 3.05) is 6.61 Å². The third-order valence-corrected chi connectivity index (χ3v) is 3.66. The summed E-state index contributed by atoms with van der Waals surface area (Å²) in [4.78, 5) is 12.1. The third-order valence-electron chi connectivity index (χ3n) is 3.27. The Morgan fingerprint density at radius 1 is 1.28 bits per heavy atom. The fourth-order valence-corrected chi connectivity index (χ4v) is 2.60. The van der Waals surface area contributed by atoms with Gasteiger partial charge in [0.05, 0.1) is 11.6 Å². The topological polar surface area (TPSA) is 73.6 Å². The number of carbonyl (C=O) groups excluding carboxylic acids is 1. The first-order valence-corrected chi connectivity index (χ1v) is 8.44. The van der Waals surface area contributed by atoms with Gasteiger partial charge in [0.2, 0.25) is 0 Å². The highest BCUT2D eigenvalue weighted by Crippen LogP contribution is 2.37. The highest BCUT2D eigenvalue weighted by molar-refractivity contribution is 7.80. The van der Waals surface area contributed by atoms with Gasteiger partial charge in [0, 0.05) is 5.56 Å². The third kappa shape index (κ3) is 5.34. The summed E-state index contributed by atoms with van der Waals surface area (Å²) in [5.41, 5.74) is 7.76. The average Bonchev–Trinajstić information content (AvgIpc) is 2.53. The molecule has 2 aromatic carbocycles. The zero-order valence-corrected chi connectivity index (χ0v) is 15.5. The molecule has 0 fully saturated rings. The van der Waals surface area contributed by atoms with Crippen LogP contribution in [0.15, 0.2) is 36.4 Å². The normalized spacial score (nSPS) is 10.2. The molecule has 0 aliphatic rings. The molecule has 25 heavy (non-hydrogen) atoms. The zero-order valence-electron chi connectivity index (χ0n) is 14.0. The van der Waals surface area contributed by atoms with Gasteiger partial charge in [0.25, 0.3) is 5.91 Å². The van der Waals surface area contributed by atoms with Gasteiger partial charge in [-0.05, 0) is 43.8 Å². The Labute approximate surface area is 157 Å². The Kier molecular flexibility index (Phi) is 6.61. The van der Waals surface area contributed by atoms with Gasteiger partial charge >= 0.3 is 0 Å². The summed E-state index contributed by atoms with van der Waals surface area (Å²) in [7, 11) is 0. The first-order chi connectivity index (χ1) is 11.9. The average molecular weight is 379 g/mol. The predicted octanol–water partition coefficient (Wildman–Crippen LogP) is 3.60. The van der Waals surface area contributed by atoms with E-state index in [2.05, 4.69) is 17.5 Å². The first kappa shape index (κ1) is 19.0. The lowest BCUT2D eigenvalue weighted by molar-refractivity contribution is 0.0977. The summed E-state index contributed by atoms with van der Waals surface area (Å²) < 4.78 is 11.4. The Balaban J connectivity index is 2.27. The molecule has 2 aromatic rings. The fourth-order valence-electron chi connectivity index (χ4n) is 2.24. The van der Waals surface area contributed by atoms with Gasteiger partial charge in [-0.25, -0.2) is 0 Å². The standard InChI is InChI=1S/C18H19ClN2O3S/c1-3-23-15-9-13(17(22)21-18(20)25)8-14(19)16(15)24-10-12-6-4-5-11(2)7-12/h4-9H,3,10H2,1-2H3,(H3,20,21,22,25). The number of ether oxygens (including phenoxy) is 2. The lowest BCUT2D eigenvalue weighted by atomic mass is 10.1. The van der Waals surface area contributed by atoms with Crippen molar-refractivity contribution in [1.82, 2.24) is 5.32 Å². The molecule has 0 atom stereocenters. The number of amides is 1. The van der Waals surface area contributed by atoms with Crippen LogP contribution in [-0.2, 0) is 6.61 Å². The molecule has 0 bridgehead atoms. The largest absolute Gasteiger partial charge is 0.490 e. The van der Waals surface area contributed by atoms with Crippen molar-refractivity contribution in [2.24, 2.45) is 5.73 Å². The van der Waals surface area contributed by atoms with E-state index in [0.29, 0.717) is 24.7 Å². The summed E-state index contributed by atoms with van der Waals surface area (Å²) in [6, 6.07) is 11.0. The second-order valence-corrected chi connectivity index (χ2v) is 6.16. The number of benzene rings is 2. The molecule has 0 saturated heterocycles. The van der Waals surface area contributed by atoms with Crippen LogP contribution < -0.4 is 20.5 Å². The maximum Gasteiger partial charge on any atom is 0.257 e. The lowest BCUT2D eigenvalue weighted by Gasteiger charge is -2.15. The molecular weight excluding hydrogens is 360 g/mol. The number of hydrogen-bond acceptors (Lipinski definition) is 4. The molecule has 0 aliphatic carbocycles. The molecule has 1 amide bonds. The second kappa shape index (κ2) is 8.69. The summed E-state index contributed by atoms with van der Waals surface area (Å²) in [6.45, 7) is 4.58. The number of aryl methyl sites for hydroxylation is 1. The molecule has 0 heterocycles. The minimum absolute atomic E-state index is 0.112. The first-order valence-electron chi connectivity index (χ1n) is 7.66. The quantitative estimate of drug-likeness (QED) is 0.751. The maximum atomic E-state index is 12.1. The van der Waals surface area contributed by atoms with Gasteiger partial charge in [0.15, 0.2) is 16.6 Å². The minimum atomic E-state index is -0.458. The molecule has 7 heteroatoms. The van der Waals surface area contributed by atoms with E-state index < -0.39 is 5.91 Å². The van der Waals surface area contributed by atoms with Crippen molar-refractivity contribution < 1.29 is 14.3 Å². The van der Waals surface area contributed by atoms with Gasteiger partial charge in [-0.15, -0.1) is 0 Å². The van der Waals surface area contributed by atoms with Crippen molar-refractivity contribution >= 4 is 34.8 Å². The van der Waals surface area contributed by atoms with E-state index in [4.69, 9.17) is 26.8 Å². The van der Waals surface area contributed by atoms with Crippen molar-refractivity contribution in [3.8, 4) is 11.5 Å². The Morgan fingerprint density at radius 2 is 2.04 bits per heavy atom. The number of rotatable bonds is 6. The summed E-state index contributed by atoms with van der Waals surface area (Å²) in [5.74, 6) is 0.313. The van der Waals surface area contributed by atoms with E-state index in [-0.39, 0.29) is 15.7 Å². The monoisotopic (exact) mass is 378 g/mol. The number of thiocarbonyl (C=S) groups is 1. The summed E-state index contributed by atoms with van der Waals surface area (Å²) in [5, 5.41) is 2.51. The van der Waals surface area contributed by atoms with E-state index >= 15 is 0 Å². The molecule has 0 aliphatic heterocycles. The van der Waals surface area contributed by atoms with Gasteiger partial charge in [-0.1, -0.05) is 41.4 Å². The molecule has 0 unspecified atom stereocenters. The van der Waals surface area contributed by atoms with Crippen molar-refractivity contribution in [1.29, 1.82) is 0 Å². The predicted molar refractivity (Wildman–Crippen MR) is 102 cm³/mol. The van der Waals surface area contributed by atoms with Crippen LogP contribution in [-0.4, -0.2) is 17.6 Å². The summed E-state index contributed by atoms with van der Waals surface area (Å²) >= 11 is 11.0. The van der Waals surface area contributed by atoms with Crippen LogP contribution in [0.4, 0.5) is 0 Å². The van der Waals surface area contributed by atoms with Gasteiger partial charge in [0.1, 0.15) is 6.61 Å². The number of nitrogens with two attached hydrogens (primary N) is 1. The molecule has 0 saturated carbocycles. The van der Waals surface area contributed by atoms with Crippen molar-refractivity contribution in [2.45, 2.75) is 20.5 Å². The number of carbonyl (C=O) groups is 1. The van der Waals surface area contributed by atoms with Crippen LogP contribution in [0, 0.1) is 6.92 Å². The zero-order chi connectivity index (χ0) is 18.4. The molecule has 3 N–H and O–H groups in total. The van der Waals surface area contributed by atoms with Crippen LogP contribution in [0.25, 0.3) is 0 Å². The van der Waals surface area contributed by atoms with E-state index in [9.17, 15) is 4.79 Å². The molecule has 5 nitrogen and oxygen atoms in total. The fraction of sp³-hybridized carbons (Fsp3) is 0.222. The molecule has 0 aromatic heterocycles. The maximum absolute atomic E-state index is 12.1. The number of hydrogen-bond donors (Lipinski definition) is 2. The van der Waals surface area contributed by atoms with E-state index in [0.717, 1.165) is 11.1 Å². The molecule has 0 radical (unpaired) electrons. The van der Waals surface area contributed by atoms with Crippen LogP contribution in [0.1, 0.15) is 28.4 Å². The van der Waals surface area contributed by atoms with Gasteiger partial charge in [-0.3, -0.25) is 10.1 Å². The highest BCUT2D eigenvalue weighted by Gasteiger charge is 2.17. The molecular formula is C18H19ClN2O3S. The second-order valence-electron chi connectivity index (χ2n) is 5.31. The smallest absolute Gasteiger partial charge is 0.257 e. The number of nitrogens with one attached hydrogen (secondary N) is 1. The Hall–Kier alpha value is -2.31. The van der Waals surface area contributed by atoms with Crippen LogP contribution in [0.3, 0.4) is 0 Å². The number of halogens is 1. The van der Waals surface area contributed by atoms with E-state index in [1.165, 1.54) is 6.07 Å². The SMILES string of the molecule is CCOc1cc(C(=O)NC(N)=S)cc(Cl)c1OCc1cccc(C)c1. The lowest BCUT2D eigenvalue weighted by Crippen LogP contribution is -2.34. The molecule has 0 spiro atoms. The van der Waals surface area contributed by atoms with E-state index in [1.807, 2.05) is 38.1 Å². The Bertz CT molecular complexity index is 796. The van der Waals surface area contributed by atoms with Crippen molar-refractivity contribution in [3.05, 3.63) is 58.1 Å². The van der Waals surface area contributed by atoms with Crippen LogP contribution >= 0.6 is 23.8 Å². The Morgan fingerprint density at radius 3 is 2.68 bits per heavy atom. The van der Waals surface area contributed by atoms with Gasteiger partial charge < -0.3 is 15.2 Å². The van der Waals surface area contributed by atoms with Crippen LogP contribution in [0.2, 0.25) is 5.02 Å². The van der Waals surface area contributed by atoms with Gasteiger partial charge in [-0.2, -0.15) is 0 Å². The molecule has 132 valence electrons. The molecule has 2 rings (SSSR count). The minimum Gasteiger partial charge on any atom is -0.490 e. The highest BCUT2D eigenvalue weighted by atomic mass is 35.5.